The Bertz CT molecular complexity index is 730. The van der Waals surface area contributed by atoms with Crippen molar-refractivity contribution in [2.45, 2.75) is 31.8 Å². The molecule has 2 heterocycles. The Labute approximate surface area is 163 Å². The minimum atomic E-state index is -0.527. The van der Waals surface area contributed by atoms with Crippen molar-refractivity contribution >= 4 is 17.8 Å². The van der Waals surface area contributed by atoms with E-state index in [1.807, 2.05) is 12.1 Å². The van der Waals surface area contributed by atoms with Gasteiger partial charge in [-0.05, 0) is 29.7 Å². The molecule has 1 fully saturated rings. The Balaban J connectivity index is 1.67. The highest BCUT2D eigenvalue weighted by molar-refractivity contribution is 6.04. The molecule has 9 heteroatoms. The van der Waals surface area contributed by atoms with Gasteiger partial charge in [0.1, 0.15) is 6.04 Å². The summed E-state index contributed by atoms with van der Waals surface area (Å²) in [6.45, 7) is 0.599. The Morgan fingerprint density at radius 2 is 1.89 bits per heavy atom. The molecular formula is C19H25N3O6. The second-order valence-electron chi connectivity index (χ2n) is 6.77. The third-order valence-corrected chi connectivity index (χ3v) is 5.08. The van der Waals surface area contributed by atoms with E-state index in [0.717, 1.165) is 11.1 Å². The number of ether oxygens (including phenoxy) is 2. The number of rotatable bonds is 8. The monoisotopic (exact) mass is 391 g/mol. The summed E-state index contributed by atoms with van der Waals surface area (Å²) in [4.78, 5) is 39.9. The molecule has 152 valence electrons. The number of nitrogens with zero attached hydrogens (tertiary/aromatic N) is 2. The summed E-state index contributed by atoms with van der Waals surface area (Å²) in [7, 11) is 3.11. The fourth-order valence-corrected chi connectivity index (χ4v) is 3.65. The van der Waals surface area contributed by atoms with Crippen LogP contribution in [0.4, 0.5) is 4.79 Å². The van der Waals surface area contributed by atoms with Crippen LogP contribution in [0.5, 0.6) is 11.5 Å². The Hall–Kier alpha value is -2.81. The number of urea groups is 1. The van der Waals surface area contributed by atoms with Gasteiger partial charge in [-0.1, -0.05) is 0 Å². The van der Waals surface area contributed by atoms with Crippen LogP contribution in [0.1, 0.15) is 24.0 Å². The van der Waals surface area contributed by atoms with Crippen LogP contribution < -0.4 is 14.8 Å². The molecule has 2 aliphatic heterocycles. The maximum absolute atomic E-state index is 12.8. The van der Waals surface area contributed by atoms with Gasteiger partial charge in [0.05, 0.1) is 20.8 Å². The number of benzene rings is 1. The van der Waals surface area contributed by atoms with Crippen molar-refractivity contribution in [3.05, 3.63) is 23.3 Å². The Morgan fingerprint density at radius 3 is 2.54 bits per heavy atom. The summed E-state index contributed by atoms with van der Waals surface area (Å²) in [5.74, 6) is 0.735. The third-order valence-electron chi connectivity index (χ3n) is 5.08. The number of imide groups is 1. The van der Waals surface area contributed by atoms with E-state index in [-0.39, 0.29) is 44.0 Å². The van der Waals surface area contributed by atoms with Gasteiger partial charge < -0.3 is 24.8 Å². The van der Waals surface area contributed by atoms with Gasteiger partial charge in [-0.3, -0.25) is 14.5 Å². The van der Waals surface area contributed by atoms with E-state index in [4.69, 9.17) is 14.6 Å². The molecule has 1 aromatic rings. The van der Waals surface area contributed by atoms with Crippen LogP contribution >= 0.6 is 0 Å². The highest BCUT2D eigenvalue weighted by atomic mass is 16.5. The number of nitrogens with one attached hydrogen (secondary N) is 1. The number of hydrogen-bond donors (Lipinski definition) is 2. The minimum absolute atomic E-state index is 0.123. The van der Waals surface area contributed by atoms with E-state index < -0.39 is 6.04 Å². The van der Waals surface area contributed by atoms with Crippen LogP contribution in [-0.4, -0.2) is 72.7 Å². The van der Waals surface area contributed by atoms with E-state index in [9.17, 15) is 14.4 Å². The van der Waals surface area contributed by atoms with Crippen LogP contribution in [0.25, 0.3) is 0 Å². The first-order valence-corrected chi connectivity index (χ1v) is 9.23. The molecule has 0 aromatic heterocycles. The van der Waals surface area contributed by atoms with E-state index in [0.29, 0.717) is 30.9 Å². The number of amides is 4. The van der Waals surface area contributed by atoms with Crippen molar-refractivity contribution in [3.8, 4) is 11.5 Å². The lowest BCUT2D eigenvalue weighted by Gasteiger charge is -2.29. The van der Waals surface area contributed by atoms with Crippen molar-refractivity contribution < 1.29 is 29.0 Å². The van der Waals surface area contributed by atoms with Gasteiger partial charge in [0, 0.05) is 32.5 Å². The number of fused-ring (bicyclic) bond motifs is 2. The first-order valence-electron chi connectivity index (χ1n) is 9.23. The highest BCUT2D eigenvalue weighted by Gasteiger charge is 2.47. The van der Waals surface area contributed by atoms with E-state index in [1.54, 1.807) is 19.1 Å². The summed E-state index contributed by atoms with van der Waals surface area (Å²) in [5, 5.41) is 11.3. The molecule has 1 saturated heterocycles. The highest BCUT2D eigenvalue weighted by Crippen LogP contribution is 2.37. The van der Waals surface area contributed by atoms with E-state index >= 15 is 0 Å². The van der Waals surface area contributed by atoms with Crippen molar-refractivity contribution in [3.63, 3.8) is 0 Å². The molecule has 0 aliphatic carbocycles. The zero-order valence-electron chi connectivity index (χ0n) is 16.1. The van der Waals surface area contributed by atoms with Gasteiger partial charge in [-0.25, -0.2) is 4.79 Å². The van der Waals surface area contributed by atoms with Crippen LogP contribution in [0.3, 0.4) is 0 Å². The third kappa shape index (κ3) is 3.75. The molecule has 2 aliphatic rings. The zero-order chi connectivity index (χ0) is 20.3. The minimum Gasteiger partial charge on any atom is -0.493 e. The average molecular weight is 391 g/mol. The van der Waals surface area contributed by atoms with Crippen LogP contribution in [-0.2, 0) is 22.6 Å². The summed E-state index contributed by atoms with van der Waals surface area (Å²) < 4.78 is 10.7. The van der Waals surface area contributed by atoms with E-state index in [2.05, 4.69) is 5.32 Å². The Kier molecular flexibility index (Phi) is 6.03. The maximum atomic E-state index is 12.8. The van der Waals surface area contributed by atoms with Crippen molar-refractivity contribution in [1.82, 2.24) is 15.1 Å². The van der Waals surface area contributed by atoms with Gasteiger partial charge in [-0.15, -0.1) is 0 Å². The number of aliphatic hydroxyl groups is 1. The lowest BCUT2D eigenvalue weighted by atomic mass is 9.94. The standard InChI is InChI=1S/C19H25N3O6/c1-27-15-9-12-8-14-18(25)21(6-3-4-17(24)20-5-7-23)19(26)22(14)11-13(12)10-16(15)28-2/h9-10,14,23H,3-8,11H2,1-2H3,(H,20,24)/t14-/m0/s1. The quantitative estimate of drug-likeness (QED) is 0.617. The Morgan fingerprint density at radius 1 is 1.21 bits per heavy atom. The predicted molar refractivity (Wildman–Crippen MR) is 99.0 cm³/mol. The second kappa shape index (κ2) is 8.47. The molecule has 3 rings (SSSR count). The summed E-state index contributed by atoms with van der Waals surface area (Å²) in [6.07, 6.45) is 0.994. The number of methoxy groups -OCH3 is 2. The van der Waals surface area contributed by atoms with Gasteiger partial charge in [0.25, 0.3) is 5.91 Å². The molecule has 0 radical (unpaired) electrons. The van der Waals surface area contributed by atoms with Crippen molar-refractivity contribution in [1.29, 1.82) is 0 Å². The fraction of sp³-hybridized carbons (Fsp3) is 0.526. The molecule has 0 unspecified atom stereocenters. The largest absolute Gasteiger partial charge is 0.493 e. The number of hydrogen-bond acceptors (Lipinski definition) is 6. The molecule has 28 heavy (non-hydrogen) atoms. The van der Waals surface area contributed by atoms with Crippen molar-refractivity contribution in [2.24, 2.45) is 0 Å². The fourth-order valence-electron chi connectivity index (χ4n) is 3.65. The van der Waals surface area contributed by atoms with Crippen LogP contribution in [0.15, 0.2) is 12.1 Å². The molecule has 4 amide bonds. The zero-order valence-corrected chi connectivity index (χ0v) is 16.1. The summed E-state index contributed by atoms with van der Waals surface area (Å²) >= 11 is 0. The predicted octanol–water partition coefficient (Wildman–Crippen LogP) is 0.281. The molecular weight excluding hydrogens is 366 g/mol. The molecule has 0 spiro atoms. The molecule has 1 aromatic carbocycles. The molecule has 0 bridgehead atoms. The molecule has 1 atom stereocenters. The molecule has 0 saturated carbocycles. The van der Waals surface area contributed by atoms with Crippen LogP contribution in [0, 0.1) is 0 Å². The lowest BCUT2D eigenvalue weighted by molar-refractivity contribution is -0.129. The van der Waals surface area contributed by atoms with Gasteiger partial charge in [-0.2, -0.15) is 0 Å². The van der Waals surface area contributed by atoms with Gasteiger partial charge in [0.2, 0.25) is 5.91 Å². The number of carbonyl (C=O) groups is 3. The smallest absolute Gasteiger partial charge is 0.327 e. The number of carbonyl (C=O) groups excluding carboxylic acids is 3. The first-order chi connectivity index (χ1) is 13.5. The second-order valence-corrected chi connectivity index (χ2v) is 6.77. The van der Waals surface area contributed by atoms with Crippen molar-refractivity contribution in [2.75, 3.05) is 33.9 Å². The van der Waals surface area contributed by atoms with Crippen LogP contribution in [0.2, 0.25) is 0 Å². The van der Waals surface area contributed by atoms with E-state index in [1.165, 1.54) is 4.90 Å². The average Bonchev–Trinajstić information content (AvgIpc) is 2.93. The maximum Gasteiger partial charge on any atom is 0.327 e. The lowest BCUT2D eigenvalue weighted by Crippen LogP contribution is -2.40. The summed E-state index contributed by atoms with van der Waals surface area (Å²) in [6, 6.07) is 2.85. The summed E-state index contributed by atoms with van der Waals surface area (Å²) in [5.41, 5.74) is 1.89. The SMILES string of the molecule is COc1cc2c(cc1OC)CN1C(=O)N(CCCC(=O)NCCO)C(=O)[C@@H]1C2. The molecule has 2 N–H and O–H groups in total. The number of aliphatic hydroxyl groups excluding tert-OH is 1. The van der Waals surface area contributed by atoms with Gasteiger partial charge in [0.15, 0.2) is 11.5 Å². The normalized spacial score (nSPS) is 18.0. The molecule has 9 nitrogen and oxygen atoms in total. The van der Waals surface area contributed by atoms with Gasteiger partial charge >= 0.3 is 6.03 Å². The first kappa shape index (κ1) is 19.9. The topological polar surface area (TPSA) is 108 Å².